The molecule has 1 aromatic heterocycles. The largest absolute Gasteiger partial charge is 0.397 e. The van der Waals surface area contributed by atoms with Gasteiger partial charge in [-0.25, -0.2) is 0 Å². The van der Waals surface area contributed by atoms with E-state index in [1.165, 1.54) is 46.9 Å². The molecule has 2 aromatic carbocycles. The van der Waals surface area contributed by atoms with Crippen LogP contribution in [0, 0.1) is 6.92 Å². The molecule has 0 saturated heterocycles. The lowest BCUT2D eigenvalue weighted by atomic mass is 9.94. The summed E-state index contributed by atoms with van der Waals surface area (Å²) in [4.78, 5) is 4.55. The molecule has 1 aliphatic rings. The van der Waals surface area contributed by atoms with Crippen molar-refractivity contribution < 1.29 is 0 Å². The lowest BCUT2D eigenvalue weighted by Gasteiger charge is -2.13. The van der Waals surface area contributed by atoms with Gasteiger partial charge in [-0.2, -0.15) is 0 Å². The van der Waals surface area contributed by atoms with E-state index in [1.807, 2.05) is 0 Å². The van der Waals surface area contributed by atoms with E-state index < -0.39 is 0 Å². The third kappa shape index (κ3) is 1.90. The van der Waals surface area contributed by atoms with Crippen LogP contribution in [0.4, 0.5) is 5.69 Å². The number of rotatable bonds is 1. The topological polar surface area (TPSA) is 38.9 Å². The third-order valence-corrected chi connectivity index (χ3v) is 4.53. The summed E-state index contributed by atoms with van der Waals surface area (Å²) in [6.45, 7) is 2.13. The molecule has 0 radical (unpaired) electrons. The average molecular weight is 274 g/mol. The zero-order valence-corrected chi connectivity index (χ0v) is 12.2. The Morgan fingerprint density at radius 1 is 1.05 bits per heavy atom. The predicted molar refractivity (Wildman–Crippen MR) is 88.4 cm³/mol. The fraction of sp³-hybridized carbons (Fsp3) is 0.211. The van der Waals surface area contributed by atoms with E-state index >= 15 is 0 Å². The molecule has 2 nitrogen and oxygen atoms in total. The molecular weight excluding hydrogens is 256 g/mol. The molecule has 3 aromatic rings. The number of aromatic nitrogens is 1. The molecule has 104 valence electrons. The van der Waals surface area contributed by atoms with Crippen molar-refractivity contribution in [2.24, 2.45) is 0 Å². The summed E-state index contributed by atoms with van der Waals surface area (Å²) in [5.41, 5.74) is 14.6. The van der Waals surface area contributed by atoms with Crippen LogP contribution >= 0.6 is 0 Å². The molecular formula is C19H18N2. The molecule has 0 aliphatic heterocycles. The number of hydrogen-bond acceptors (Lipinski definition) is 2. The standard InChI is InChI=1S/C19H18N2/c1-12-5-2-3-8-15(12)19-16-9-13-6-4-7-14(13)10-18(16)21-11-17(19)20/h2-3,5,8-11H,4,6-7,20H2,1H3. The van der Waals surface area contributed by atoms with Crippen LogP contribution in [-0.4, -0.2) is 4.98 Å². The minimum atomic E-state index is 0.759. The lowest BCUT2D eigenvalue weighted by molar-refractivity contribution is 0.912. The van der Waals surface area contributed by atoms with E-state index in [0.29, 0.717) is 0 Å². The highest BCUT2D eigenvalue weighted by Gasteiger charge is 2.16. The first kappa shape index (κ1) is 12.4. The zero-order valence-electron chi connectivity index (χ0n) is 12.2. The van der Waals surface area contributed by atoms with Crippen LogP contribution < -0.4 is 5.73 Å². The number of nitrogens with zero attached hydrogens (tertiary/aromatic N) is 1. The SMILES string of the molecule is Cc1ccccc1-c1c(N)cnc2cc3c(cc12)CCC3. The first-order valence-corrected chi connectivity index (χ1v) is 7.50. The molecule has 0 amide bonds. The van der Waals surface area contributed by atoms with E-state index in [-0.39, 0.29) is 0 Å². The van der Waals surface area contributed by atoms with E-state index in [0.717, 1.165) is 16.8 Å². The molecule has 0 unspecified atom stereocenters. The third-order valence-electron chi connectivity index (χ3n) is 4.53. The van der Waals surface area contributed by atoms with E-state index in [2.05, 4.69) is 48.3 Å². The second kappa shape index (κ2) is 4.59. The van der Waals surface area contributed by atoms with Crippen LogP contribution in [0.3, 0.4) is 0 Å². The van der Waals surface area contributed by atoms with Crippen molar-refractivity contribution in [1.29, 1.82) is 0 Å². The van der Waals surface area contributed by atoms with Gasteiger partial charge in [0.25, 0.3) is 0 Å². The van der Waals surface area contributed by atoms with Crippen molar-refractivity contribution >= 4 is 16.6 Å². The smallest absolute Gasteiger partial charge is 0.0712 e. The average Bonchev–Trinajstić information content (AvgIpc) is 2.94. The first-order valence-electron chi connectivity index (χ1n) is 7.50. The molecule has 2 heteroatoms. The Hall–Kier alpha value is -2.35. The second-order valence-electron chi connectivity index (χ2n) is 5.90. The van der Waals surface area contributed by atoms with E-state index in [4.69, 9.17) is 5.73 Å². The number of hydrogen-bond donors (Lipinski definition) is 1. The molecule has 0 spiro atoms. The minimum absolute atomic E-state index is 0.759. The summed E-state index contributed by atoms with van der Waals surface area (Å²) >= 11 is 0. The van der Waals surface area contributed by atoms with Gasteiger partial charge < -0.3 is 5.73 Å². The Bertz CT molecular complexity index is 850. The van der Waals surface area contributed by atoms with Crippen LogP contribution in [0.1, 0.15) is 23.1 Å². The van der Waals surface area contributed by atoms with Crippen molar-refractivity contribution in [3.05, 3.63) is 59.3 Å². The van der Waals surface area contributed by atoms with Gasteiger partial charge in [0.05, 0.1) is 17.4 Å². The Kier molecular flexibility index (Phi) is 2.71. The van der Waals surface area contributed by atoms with Crippen LogP contribution in [0.25, 0.3) is 22.0 Å². The van der Waals surface area contributed by atoms with Crippen molar-refractivity contribution in [2.45, 2.75) is 26.2 Å². The van der Waals surface area contributed by atoms with Gasteiger partial charge in [-0.15, -0.1) is 0 Å². The summed E-state index contributed by atoms with van der Waals surface area (Å²) in [6.07, 6.45) is 5.40. The van der Waals surface area contributed by atoms with Gasteiger partial charge in [-0.05, 0) is 60.6 Å². The molecule has 1 aliphatic carbocycles. The van der Waals surface area contributed by atoms with Crippen molar-refractivity contribution in [1.82, 2.24) is 4.98 Å². The van der Waals surface area contributed by atoms with Crippen LogP contribution in [-0.2, 0) is 12.8 Å². The monoisotopic (exact) mass is 274 g/mol. The maximum Gasteiger partial charge on any atom is 0.0712 e. The highest BCUT2D eigenvalue weighted by molar-refractivity contribution is 6.01. The predicted octanol–water partition coefficient (Wildman–Crippen LogP) is 4.28. The minimum Gasteiger partial charge on any atom is -0.397 e. The van der Waals surface area contributed by atoms with Crippen LogP contribution in [0.2, 0.25) is 0 Å². The van der Waals surface area contributed by atoms with Gasteiger partial charge in [0.15, 0.2) is 0 Å². The Balaban J connectivity index is 2.08. The number of fused-ring (bicyclic) bond motifs is 2. The number of nitrogens with two attached hydrogens (primary N) is 1. The second-order valence-corrected chi connectivity index (χ2v) is 5.90. The number of pyridine rings is 1. The van der Waals surface area contributed by atoms with Gasteiger partial charge in [0, 0.05) is 10.9 Å². The molecule has 0 saturated carbocycles. The number of aryl methyl sites for hydroxylation is 3. The first-order chi connectivity index (χ1) is 10.2. The van der Waals surface area contributed by atoms with Gasteiger partial charge >= 0.3 is 0 Å². The van der Waals surface area contributed by atoms with Crippen LogP contribution in [0.5, 0.6) is 0 Å². The molecule has 0 bridgehead atoms. The Labute approximate surface area is 124 Å². The van der Waals surface area contributed by atoms with E-state index in [1.54, 1.807) is 6.20 Å². The van der Waals surface area contributed by atoms with Gasteiger partial charge in [-0.1, -0.05) is 24.3 Å². The molecule has 21 heavy (non-hydrogen) atoms. The summed E-state index contributed by atoms with van der Waals surface area (Å²) in [5, 5.41) is 1.19. The Morgan fingerprint density at radius 3 is 2.62 bits per heavy atom. The molecule has 4 rings (SSSR count). The highest BCUT2D eigenvalue weighted by Crippen LogP contribution is 2.37. The summed E-state index contributed by atoms with van der Waals surface area (Å²) in [7, 11) is 0. The quantitative estimate of drug-likeness (QED) is 0.719. The van der Waals surface area contributed by atoms with Crippen molar-refractivity contribution in [2.75, 3.05) is 5.73 Å². The fourth-order valence-electron chi connectivity index (χ4n) is 3.43. The van der Waals surface area contributed by atoms with Gasteiger partial charge in [-0.3, -0.25) is 4.98 Å². The Morgan fingerprint density at radius 2 is 1.81 bits per heavy atom. The van der Waals surface area contributed by atoms with Crippen molar-refractivity contribution in [3.63, 3.8) is 0 Å². The number of nitrogen functional groups attached to an aromatic ring is 1. The lowest BCUT2D eigenvalue weighted by Crippen LogP contribution is -1.96. The number of benzene rings is 2. The summed E-state index contributed by atoms with van der Waals surface area (Å²) in [5.74, 6) is 0. The van der Waals surface area contributed by atoms with Crippen molar-refractivity contribution in [3.8, 4) is 11.1 Å². The highest BCUT2D eigenvalue weighted by atomic mass is 14.7. The normalized spacial score (nSPS) is 13.6. The maximum atomic E-state index is 6.27. The number of anilines is 1. The molecule has 0 atom stereocenters. The van der Waals surface area contributed by atoms with E-state index in [9.17, 15) is 0 Å². The maximum absolute atomic E-state index is 6.27. The zero-order chi connectivity index (χ0) is 14.4. The molecule has 2 N–H and O–H groups in total. The molecule has 1 heterocycles. The fourth-order valence-corrected chi connectivity index (χ4v) is 3.43. The van der Waals surface area contributed by atoms with Gasteiger partial charge in [0.2, 0.25) is 0 Å². The summed E-state index contributed by atoms with van der Waals surface area (Å²) in [6, 6.07) is 13.0. The summed E-state index contributed by atoms with van der Waals surface area (Å²) < 4.78 is 0. The molecule has 0 fully saturated rings. The van der Waals surface area contributed by atoms with Crippen LogP contribution in [0.15, 0.2) is 42.6 Å². The van der Waals surface area contributed by atoms with Gasteiger partial charge in [0.1, 0.15) is 0 Å².